The molecule has 8 heteroatoms. The molecule has 0 saturated carbocycles. The van der Waals surface area contributed by atoms with Crippen molar-refractivity contribution in [2.45, 2.75) is 17.7 Å². The van der Waals surface area contributed by atoms with Gasteiger partial charge in [0.15, 0.2) is 0 Å². The van der Waals surface area contributed by atoms with E-state index in [0.29, 0.717) is 23.8 Å². The van der Waals surface area contributed by atoms with Gasteiger partial charge in [-0.1, -0.05) is 41.9 Å². The lowest BCUT2D eigenvalue weighted by Gasteiger charge is -2.09. The molecule has 0 bridgehead atoms. The van der Waals surface area contributed by atoms with Crippen LogP contribution in [0.3, 0.4) is 0 Å². The Balaban J connectivity index is 1.60. The van der Waals surface area contributed by atoms with Crippen molar-refractivity contribution in [1.82, 2.24) is 10.0 Å². The van der Waals surface area contributed by atoms with E-state index >= 15 is 0 Å². The minimum Gasteiger partial charge on any atom is -0.492 e. The smallest absolute Gasteiger partial charge is 0.240 e. The molecule has 2 rings (SSSR count). The molecule has 0 unspecified atom stereocenters. The van der Waals surface area contributed by atoms with Gasteiger partial charge in [0.25, 0.3) is 0 Å². The second kappa shape index (κ2) is 10.2. The van der Waals surface area contributed by atoms with E-state index in [1.807, 2.05) is 12.1 Å². The summed E-state index contributed by atoms with van der Waals surface area (Å²) in [6, 6.07) is 15.2. The Hall–Kier alpha value is -2.09. The van der Waals surface area contributed by atoms with Crippen LogP contribution in [0.5, 0.6) is 5.75 Å². The van der Waals surface area contributed by atoms with Crippen molar-refractivity contribution in [3.8, 4) is 5.75 Å². The molecule has 0 spiro atoms. The molecule has 0 fully saturated rings. The number of nitrogens with one attached hydrogen (secondary N) is 2. The molecule has 26 heavy (non-hydrogen) atoms. The number of amides is 1. The maximum atomic E-state index is 12.0. The van der Waals surface area contributed by atoms with Gasteiger partial charge in [-0.05, 0) is 30.7 Å². The highest BCUT2D eigenvalue weighted by atomic mass is 35.5. The molecule has 2 aromatic rings. The zero-order chi connectivity index (χ0) is 18.8. The standard InChI is InChI=1S/C18H21ClN2O4S/c19-16-9-4-5-10-17(16)25-14-6-11-18(22)20-12-13-21-26(23,24)15-7-2-1-3-8-15/h1-5,7-10,21H,6,11-14H2,(H,20,22). The van der Waals surface area contributed by atoms with Crippen LogP contribution >= 0.6 is 11.6 Å². The Bertz CT molecular complexity index is 813. The Morgan fingerprint density at radius 1 is 1.00 bits per heavy atom. The third-order valence-corrected chi connectivity index (χ3v) is 5.22. The van der Waals surface area contributed by atoms with Crippen LogP contribution in [0.25, 0.3) is 0 Å². The molecule has 140 valence electrons. The number of hydrogen-bond acceptors (Lipinski definition) is 4. The lowest BCUT2D eigenvalue weighted by molar-refractivity contribution is -0.121. The quantitative estimate of drug-likeness (QED) is 0.604. The minimum atomic E-state index is -3.55. The second-order valence-electron chi connectivity index (χ2n) is 5.44. The predicted octanol–water partition coefficient (Wildman–Crippen LogP) is 2.59. The van der Waals surface area contributed by atoms with Gasteiger partial charge in [0, 0.05) is 19.5 Å². The van der Waals surface area contributed by atoms with Crippen LogP contribution in [0, 0.1) is 0 Å². The molecule has 6 nitrogen and oxygen atoms in total. The van der Waals surface area contributed by atoms with Gasteiger partial charge in [-0.2, -0.15) is 0 Å². The summed E-state index contributed by atoms with van der Waals surface area (Å²) >= 11 is 5.97. The summed E-state index contributed by atoms with van der Waals surface area (Å²) in [7, 11) is -3.55. The van der Waals surface area contributed by atoms with Crippen LogP contribution in [0.2, 0.25) is 5.02 Å². The maximum absolute atomic E-state index is 12.0. The topological polar surface area (TPSA) is 84.5 Å². The van der Waals surface area contributed by atoms with E-state index < -0.39 is 10.0 Å². The van der Waals surface area contributed by atoms with Crippen LogP contribution in [0.4, 0.5) is 0 Å². The van der Waals surface area contributed by atoms with E-state index in [2.05, 4.69) is 10.0 Å². The fraction of sp³-hybridized carbons (Fsp3) is 0.278. The predicted molar refractivity (Wildman–Crippen MR) is 101 cm³/mol. The van der Waals surface area contributed by atoms with E-state index in [-0.39, 0.29) is 30.3 Å². The van der Waals surface area contributed by atoms with Gasteiger partial charge in [0.2, 0.25) is 15.9 Å². The third-order valence-electron chi connectivity index (χ3n) is 3.44. The van der Waals surface area contributed by atoms with Crippen molar-refractivity contribution in [2.75, 3.05) is 19.7 Å². The highest BCUT2D eigenvalue weighted by Gasteiger charge is 2.12. The molecule has 2 aromatic carbocycles. The molecule has 1 amide bonds. The third kappa shape index (κ3) is 6.67. The first-order valence-electron chi connectivity index (χ1n) is 8.18. The lowest BCUT2D eigenvalue weighted by Crippen LogP contribution is -2.34. The molecular weight excluding hydrogens is 376 g/mol. The van der Waals surface area contributed by atoms with Crippen LogP contribution in [0.15, 0.2) is 59.5 Å². The highest BCUT2D eigenvalue weighted by Crippen LogP contribution is 2.23. The molecule has 0 aromatic heterocycles. The molecule has 0 aliphatic heterocycles. The van der Waals surface area contributed by atoms with Crippen molar-refractivity contribution >= 4 is 27.5 Å². The van der Waals surface area contributed by atoms with Crippen LogP contribution in [-0.4, -0.2) is 34.0 Å². The monoisotopic (exact) mass is 396 g/mol. The molecule has 0 radical (unpaired) electrons. The highest BCUT2D eigenvalue weighted by molar-refractivity contribution is 7.89. The normalized spacial score (nSPS) is 11.1. The van der Waals surface area contributed by atoms with Gasteiger partial charge in [-0.25, -0.2) is 13.1 Å². The molecular formula is C18H21ClN2O4S. The second-order valence-corrected chi connectivity index (χ2v) is 7.62. The fourth-order valence-corrected chi connectivity index (χ4v) is 3.38. The Labute approximate surface area is 158 Å². The number of halogens is 1. The largest absolute Gasteiger partial charge is 0.492 e. The average Bonchev–Trinajstić information content (AvgIpc) is 2.64. The van der Waals surface area contributed by atoms with Gasteiger partial charge in [0.1, 0.15) is 5.75 Å². The first-order valence-corrected chi connectivity index (χ1v) is 10.0. The minimum absolute atomic E-state index is 0.124. The van der Waals surface area contributed by atoms with E-state index in [0.717, 1.165) is 0 Å². The van der Waals surface area contributed by atoms with Crippen molar-refractivity contribution < 1.29 is 17.9 Å². The molecule has 0 saturated heterocycles. The number of carbonyl (C=O) groups excluding carboxylic acids is 1. The van der Waals surface area contributed by atoms with E-state index in [1.54, 1.807) is 30.3 Å². The molecule has 0 heterocycles. The Morgan fingerprint density at radius 3 is 2.42 bits per heavy atom. The van der Waals surface area contributed by atoms with Gasteiger partial charge >= 0.3 is 0 Å². The zero-order valence-electron chi connectivity index (χ0n) is 14.2. The summed E-state index contributed by atoms with van der Waals surface area (Å²) < 4.78 is 31.9. The fourth-order valence-electron chi connectivity index (χ4n) is 2.14. The van der Waals surface area contributed by atoms with Crippen LogP contribution in [0.1, 0.15) is 12.8 Å². The number of benzene rings is 2. The van der Waals surface area contributed by atoms with Crippen molar-refractivity contribution in [3.63, 3.8) is 0 Å². The van der Waals surface area contributed by atoms with Gasteiger partial charge in [-0.15, -0.1) is 0 Å². The summed E-state index contributed by atoms with van der Waals surface area (Å²) in [6.07, 6.45) is 0.822. The summed E-state index contributed by atoms with van der Waals surface area (Å²) in [5.74, 6) is 0.427. The van der Waals surface area contributed by atoms with Crippen LogP contribution in [-0.2, 0) is 14.8 Å². The molecule has 0 aliphatic carbocycles. The molecule has 2 N–H and O–H groups in total. The van der Waals surface area contributed by atoms with Crippen molar-refractivity contribution in [1.29, 1.82) is 0 Å². The number of carbonyl (C=O) groups is 1. The number of hydrogen-bond donors (Lipinski definition) is 2. The number of para-hydroxylation sites is 1. The first kappa shape index (κ1) is 20.2. The summed E-state index contributed by atoms with van der Waals surface area (Å²) in [5.41, 5.74) is 0. The maximum Gasteiger partial charge on any atom is 0.240 e. The van der Waals surface area contributed by atoms with Gasteiger partial charge in [-0.3, -0.25) is 4.79 Å². The average molecular weight is 397 g/mol. The Morgan fingerprint density at radius 2 is 1.69 bits per heavy atom. The van der Waals surface area contributed by atoms with Crippen molar-refractivity contribution in [2.24, 2.45) is 0 Å². The lowest BCUT2D eigenvalue weighted by atomic mass is 10.3. The van der Waals surface area contributed by atoms with Crippen LogP contribution < -0.4 is 14.8 Å². The van der Waals surface area contributed by atoms with Gasteiger partial charge in [0.05, 0.1) is 16.5 Å². The van der Waals surface area contributed by atoms with Gasteiger partial charge < -0.3 is 10.1 Å². The van der Waals surface area contributed by atoms with Crippen molar-refractivity contribution in [3.05, 3.63) is 59.6 Å². The SMILES string of the molecule is O=C(CCCOc1ccccc1Cl)NCCNS(=O)(=O)c1ccccc1. The number of sulfonamides is 1. The summed E-state index contributed by atoms with van der Waals surface area (Å²) in [5, 5.41) is 3.20. The zero-order valence-corrected chi connectivity index (χ0v) is 15.7. The molecule has 0 aliphatic rings. The Kier molecular flexibility index (Phi) is 7.90. The first-order chi connectivity index (χ1) is 12.5. The summed E-state index contributed by atoms with van der Waals surface area (Å²) in [6.45, 7) is 0.715. The van der Waals surface area contributed by atoms with E-state index in [9.17, 15) is 13.2 Å². The summed E-state index contributed by atoms with van der Waals surface area (Å²) in [4.78, 5) is 11.9. The number of ether oxygens (including phenoxy) is 1. The number of rotatable bonds is 10. The van der Waals surface area contributed by atoms with E-state index in [4.69, 9.17) is 16.3 Å². The molecule has 0 atom stereocenters. The van der Waals surface area contributed by atoms with E-state index in [1.165, 1.54) is 12.1 Å².